The van der Waals surface area contributed by atoms with Crippen LogP contribution in [0.4, 0.5) is 15.8 Å². The van der Waals surface area contributed by atoms with Crippen molar-refractivity contribution >= 4 is 37.3 Å². The third-order valence-electron chi connectivity index (χ3n) is 4.43. The second kappa shape index (κ2) is 10.9. The topological polar surface area (TPSA) is 122 Å². The van der Waals surface area contributed by atoms with Crippen LogP contribution < -0.4 is 19.1 Å². The molecular formula is C21H28FN3O6S2. The molecule has 0 unspecified atom stereocenters. The molecule has 12 heteroatoms. The number of hydrogen-bond donors (Lipinski definition) is 2. The molecule has 0 aliphatic heterocycles. The third-order valence-corrected chi connectivity index (χ3v) is 7.28. The third kappa shape index (κ3) is 7.69. The summed E-state index contributed by atoms with van der Waals surface area (Å²) in [5, 5.41) is 2.61. The van der Waals surface area contributed by atoms with Gasteiger partial charge in [0, 0.05) is 19.0 Å². The molecule has 182 valence electrons. The molecule has 0 saturated heterocycles. The summed E-state index contributed by atoms with van der Waals surface area (Å²) >= 11 is 0. The highest BCUT2D eigenvalue weighted by Crippen LogP contribution is 2.28. The second-order valence-electron chi connectivity index (χ2n) is 7.60. The smallest absolute Gasteiger partial charge is 0.240 e. The average molecular weight is 502 g/mol. The predicted molar refractivity (Wildman–Crippen MR) is 125 cm³/mol. The fourth-order valence-corrected chi connectivity index (χ4v) is 5.26. The number of carbonyl (C=O) groups excluding carboxylic acids is 1. The van der Waals surface area contributed by atoms with Gasteiger partial charge in [-0.05, 0) is 62.7 Å². The van der Waals surface area contributed by atoms with Crippen LogP contribution in [-0.2, 0) is 24.8 Å². The standard InChI is InChI=1S/C21H28FN3O6S2/c1-15(2)24-33(29,30)18-11-12-20(31-3)19(14-18)23-21(26)6-5-13-25(32(4,27)28)17-9-7-16(22)8-10-17/h7-12,14-15,24H,5-6,13H2,1-4H3,(H,23,26). The number of methoxy groups -OCH3 is 1. The number of nitrogens with one attached hydrogen (secondary N) is 2. The summed E-state index contributed by atoms with van der Waals surface area (Å²) in [5.74, 6) is -0.670. The maximum absolute atomic E-state index is 13.2. The fourth-order valence-electron chi connectivity index (χ4n) is 3.02. The van der Waals surface area contributed by atoms with Crippen LogP contribution in [0, 0.1) is 5.82 Å². The molecule has 33 heavy (non-hydrogen) atoms. The Labute approximate surface area is 194 Å². The van der Waals surface area contributed by atoms with Gasteiger partial charge in [-0.15, -0.1) is 0 Å². The lowest BCUT2D eigenvalue weighted by molar-refractivity contribution is -0.116. The molecule has 2 aromatic rings. The van der Waals surface area contributed by atoms with E-state index in [1.807, 2.05) is 0 Å². The zero-order chi connectivity index (χ0) is 24.8. The Morgan fingerprint density at radius 3 is 2.27 bits per heavy atom. The highest BCUT2D eigenvalue weighted by Gasteiger charge is 2.20. The Bertz CT molecular complexity index is 1180. The Morgan fingerprint density at radius 1 is 1.09 bits per heavy atom. The number of amides is 1. The van der Waals surface area contributed by atoms with Crippen molar-refractivity contribution in [1.29, 1.82) is 0 Å². The largest absolute Gasteiger partial charge is 0.495 e. The lowest BCUT2D eigenvalue weighted by Gasteiger charge is -2.22. The zero-order valence-corrected chi connectivity index (χ0v) is 20.5. The van der Waals surface area contributed by atoms with Crippen LogP contribution in [-0.4, -0.2) is 48.7 Å². The highest BCUT2D eigenvalue weighted by molar-refractivity contribution is 7.92. The molecule has 0 saturated carbocycles. The highest BCUT2D eigenvalue weighted by atomic mass is 32.2. The van der Waals surface area contributed by atoms with Gasteiger partial charge in [-0.25, -0.2) is 25.9 Å². The molecule has 0 aliphatic rings. The summed E-state index contributed by atoms with van der Waals surface area (Å²) in [6.45, 7) is 3.38. The van der Waals surface area contributed by atoms with E-state index in [1.54, 1.807) is 13.8 Å². The molecule has 1 amide bonds. The lowest BCUT2D eigenvalue weighted by atomic mass is 10.2. The number of nitrogens with zero attached hydrogens (tertiary/aromatic N) is 1. The summed E-state index contributed by atoms with van der Waals surface area (Å²) in [6.07, 6.45) is 1.15. The maximum Gasteiger partial charge on any atom is 0.240 e. The van der Waals surface area contributed by atoms with Crippen molar-refractivity contribution in [3.63, 3.8) is 0 Å². The van der Waals surface area contributed by atoms with E-state index in [4.69, 9.17) is 4.74 Å². The summed E-state index contributed by atoms with van der Waals surface area (Å²) in [4.78, 5) is 12.4. The molecule has 2 N–H and O–H groups in total. The van der Waals surface area contributed by atoms with Gasteiger partial charge in [0.1, 0.15) is 11.6 Å². The maximum atomic E-state index is 13.2. The second-order valence-corrected chi connectivity index (χ2v) is 11.2. The first kappa shape index (κ1) is 26.6. The van der Waals surface area contributed by atoms with Crippen molar-refractivity contribution < 1.29 is 30.8 Å². The van der Waals surface area contributed by atoms with E-state index in [9.17, 15) is 26.0 Å². The van der Waals surface area contributed by atoms with Crippen LogP contribution in [0.3, 0.4) is 0 Å². The number of carbonyl (C=O) groups is 1. The molecule has 0 heterocycles. The van der Waals surface area contributed by atoms with Crippen LogP contribution in [0.15, 0.2) is 47.4 Å². The molecule has 2 aromatic carbocycles. The summed E-state index contributed by atoms with van der Waals surface area (Å²) < 4.78 is 71.0. The molecule has 0 fully saturated rings. The lowest BCUT2D eigenvalue weighted by Crippen LogP contribution is -2.31. The van der Waals surface area contributed by atoms with E-state index in [-0.39, 0.29) is 47.4 Å². The summed E-state index contributed by atoms with van der Waals surface area (Å²) in [7, 11) is -6.04. The van der Waals surface area contributed by atoms with Gasteiger partial charge in [0.15, 0.2) is 0 Å². The van der Waals surface area contributed by atoms with E-state index < -0.39 is 31.8 Å². The van der Waals surface area contributed by atoms with Gasteiger partial charge in [0.2, 0.25) is 26.0 Å². The Morgan fingerprint density at radius 2 is 1.73 bits per heavy atom. The van der Waals surface area contributed by atoms with Crippen molar-refractivity contribution in [2.75, 3.05) is 29.5 Å². The van der Waals surface area contributed by atoms with E-state index in [0.717, 1.165) is 22.7 Å². The molecule has 0 radical (unpaired) electrons. The van der Waals surface area contributed by atoms with Gasteiger partial charge < -0.3 is 10.1 Å². The minimum Gasteiger partial charge on any atom is -0.495 e. The van der Waals surface area contributed by atoms with Gasteiger partial charge in [-0.3, -0.25) is 9.10 Å². The monoisotopic (exact) mass is 501 g/mol. The molecular weight excluding hydrogens is 473 g/mol. The number of ether oxygens (including phenoxy) is 1. The van der Waals surface area contributed by atoms with E-state index in [1.165, 1.54) is 37.4 Å². The number of hydrogen-bond acceptors (Lipinski definition) is 6. The van der Waals surface area contributed by atoms with Gasteiger partial charge in [-0.1, -0.05) is 0 Å². The van der Waals surface area contributed by atoms with Gasteiger partial charge in [-0.2, -0.15) is 0 Å². The number of rotatable bonds is 11. The number of anilines is 2. The van der Waals surface area contributed by atoms with Crippen LogP contribution in [0.2, 0.25) is 0 Å². The van der Waals surface area contributed by atoms with Crippen molar-refractivity contribution in [3.8, 4) is 5.75 Å². The first-order chi connectivity index (χ1) is 15.3. The Balaban J connectivity index is 2.10. The first-order valence-electron chi connectivity index (χ1n) is 10.1. The minimum absolute atomic E-state index is 0.00173. The molecule has 0 atom stereocenters. The van der Waals surface area contributed by atoms with Crippen molar-refractivity contribution in [2.24, 2.45) is 0 Å². The molecule has 0 aromatic heterocycles. The number of halogens is 1. The Kier molecular flexibility index (Phi) is 8.81. The van der Waals surface area contributed by atoms with Crippen LogP contribution in [0.1, 0.15) is 26.7 Å². The molecule has 0 aliphatic carbocycles. The van der Waals surface area contributed by atoms with Gasteiger partial charge in [0.05, 0.1) is 29.6 Å². The fraction of sp³-hybridized carbons (Fsp3) is 0.381. The zero-order valence-electron chi connectivity index (χ0n) is 18.8. The van der Waals surface area contributed by atoms with Crippen LogP contribution in [0.25, 0.3) is 0 Å². The van der Waals surface area contributed by atoms with E-state index in [0.29, 0.717) is 0 Å². The molecule has 9 nitrogen and oxygen atoms in total. The predicted octanol–water partition coefficient (Wildman–Crippen LogP) is 2.71. The SMILES string of the molecule is COc1ccc(S(=O)(=O)NC(C)C)cc1NC(=O)CCCN(c1ccc(F)cc1)S(C)(=O)=O. The molecule has 2 rings (SSSR count). The normalized spacial score (nSPS) is 11.9. The quantitative estimate of drug-likeness (QED) is 0.488. The number of sulfonamides is 2. The van der Waals surface area contributed by atoms with Crippen LogP contribution >= 0.6 is 0 Å². The first-order valence-corrected chi connectivity index (χ1v) is 13.4. The average Bonchev–Trinajstić information content (AvgIpc) is 2.70. The van der Waals surface area contributed by atoms with Crippen molar-refractivity contribution in [3.05, 3.63) is 48.3 Å². The van der Waals surface area contributed by atoms with E-state index >= 15 is 0 Å². The van der Waals surface area contributed by atoms with Crippen molar-refractivity contribution in [2.45, 2.75) is 37.6 Å². The molecule has 0 spiro atoms. The minimum atomic E-state index is -3.78. The van der Waals surface area contributed by atoms with Gasteiger partial charge >= 0.3 is 0 Å². The summed E-state index contributed by atoms with van der Waals surface area (Å²) in [5.41, 5.74) is 0.462. The molecule has 0 bridgehead atoms. The number of benzene rings is 2. The van der Waals surface area contributed by atoms with E-state index in [2.05, 4.69) is 10.0 Å². The summed E-state index contributed by atoms with van der Waals surface area (Å²) in [6, 6.07) is 8.79. The Hall–Kier alpha value is -2.70. The van der Waals surface area contributed by atoms with Gasteiger partial charge in [0.25, 0.3) is 0 Å². The van der Waals surface area contributed by atoms with Crippen LogP contribution in [0.5, 0.6) is 5.75 Å². The van der Waals surface area contributed by atoms with Crippen molar-refractivity contribution in [1.82, 2.24) is 4.72 Å².